The van der Waals surface area contributed by atoms with Crippen LogP contribution in [0.1, 0.15) is 29.3 Å². The largest absolute Gasteiger partial charge is 0.453 e. The summed E-state index contributed by atoms with van der Waals surface area (Å²) in [6.07, 6.45) is 0.594. The van der Waals surface area contributed by atoms with Crippen molar-refractivity contribution in [2.45, 2.75) is 18.9 Å². The molecule has 0 aromatic heterocycles. The van der Waals surface area contributed by atoms with Crippen molar-refractivity contribution in [3.63, 3.8) is 0 Å². The summed E-state index contributed by atoms with van der Waals surface area (Å²) in [6.45, 7) is 2.73. The number of rotatable bonds is 4. The maximum absolute atomic E-state index is 13.3. The first-order chi connectivity index (χ1) is 12.0. The van der Waals surface area contributed by atoms with Gasteiger partial charge in [-0.3, -0.25) is 9.59 Å². The zero-order chi connectivity index (χ0) is 17.9. The highest BCUT2D eigenvalue weighted by molar-refractivity contribution is 5.99. The summed E-state index contributed by atoms with van der Waals surface area (Å²) in [5.74, 6) is -0.795. The van der Waals surface area contributed by atoms with Crippen molar-refractivity contribution in [2.24, 2.45) is 5.92 Å². The zero-order valence-electron chi connectivity index (χ0n) is 14.6. The lowest BCUT2D eigenvalue weighted by atomic mass is 9.72. The Bertz CT molecular complexity index is 744. The molecule has 1 saturated heterocycles. The number of ketones is 1. The number of hydrogen-bond donors (Lipinski definition) is 0. The number of ether oxygens (including phenoxy) is 1. The normalized spacial score (nSPS) is 23.8. The van der Waals surface area contributed by atoms with Gasteiger partial charge in [-0.25, -0.2) is 0 Å². The standard InChI is InChI=1S/C21H23NO3/c1-16(23)25-21(18-11-7-4-8-12-18)13-14-22(2)15-19(21)20(24)17-9-5-3-6-10-17/h3-12,19H,13-15H2,1-2H3/t19-,21+/m0/s1. The van der Waals surface area contributed by atoms with Crippen LogP contribution in [0.3, 0.4) is 0 Å². The van der Waals surface area contributed by atoms with Crippen LogP contribution in [0.4, 0.5) is 0 Å². The van der Waals surface area contributed by atoms with Gasteiger partial charge in [-0.2, -0.15) is 0 Å². The van der Waals surface area contributed by atoms with Crippen molar-refractivity contribution in [3.8, 4) is 0 Å². The van der Waals surface area contributed by atoms with Crippen molar-refractivity contribution in [1.82, 2.24) is 4.90 Å². The molecule has 4 heteroatoms. The number of nitrogens with zero attached hydrogens (tertiary/aromatic N) is 1. The fourth-order valence-electron chi connectivity index (χ4n) is 3.68. The molecule has 4 nitrogen and oxygen atoms in total. The lowest BCUT2D eigenvalue weighted by Gasteiger charge is -2.45. The SMILES string of the molecule is CC(=O)O[C@@]1(c2ccccc2)CCN(C)C[C@H]1C(=O)c1ccccc1. The molecule has 0 radical (unpaired) electrons. The van der Waals surface area contributed by atoms with Crippen molar-refractivity contribution in [3.05, 3.63) is 71.8 Å². The highest BCUT2D eigenvalue weighted by Crippen LogP contribution is 2.42. The molecule has 2 aromatic carbocycles. The molecule has 0 saturated carbocycles. The number of carbonyl (C=O) groups is 2. The van der Waals surface area contributed by atoms with Gasteiger partial charge in [-0.1, -0.05) is 60.7 Å². The number of Topliss-reactive ketones (excluding diaryl/α,β-unsaturated/α-hetero) is 1. The van der Waals surface area contributed by atoms with E-state index in [1.165, 1.54) is 6.92 Å². The summed E-state index contributed by atoms with van der Waals surface area (Å²) in [5, 5.41) is 0. The van der Waals surface area contributed by atoms with Crippen LogP contribution in [0.5, 0.6) is 0 Å². The number of likely N-dealkylation sites (tertiary alicyclic amines) is 1. The van der Waals surface area contributed by atoms with Crippen LogP contribution >= 0.6 is 0 Å². The number of benzene rings is 2. The molecule has 0 spiro atoms. The van der Waals surface area contributed by atoms with Gasteiger partial charge in [0.1, 0.15) is 5.60 Å². The average molecular weight is 337 g/mol. The molecule has 2 atom stereocenters. The summed E-state index contributed by atoms with van der Waals surface area (Å²) in [5.41, 5.74) is 0.606. The smallest absolute Gasteiger partial charge is 0.303 e. The Morgan fingerprint density at radius 1 is 1.04 bits per heavy atom. The van der Waals surface area contributed by atoms with E-state index in [1.807, 2.05) is 67.7 Å². The van der Waals surface area contributed by atoms with E-state index in [2.05, 4.69) is 4.90 Å². The fraction of sp³-hybridized carbons (Fsp3) is 0.333. The molecule has 0 bridgehead atoms. The summed E-state index contributed by atoms with van der Waals surface area (Å²) >= 11 is 0. The van der Waals surface area contributed by atoms with E-state index in [0.29, 0.717) is 18.5 Å². The van der Waals surface area contributed by atoms with E-state index in [4.69, 9.17) is 4.74 Å². The van der Waals surface area contributed by atoms with Gasteiger partial charge in [-0.15, -0.1) is 0 Å². The van der Waals surface area contributed by atoms with E-state index in [1.54, 1.807) is 0 Å². The third-order valence-electron chi connectivity index (χ3n) is 4.89. The Labute approximate surface area is 148 Å². The molecule has 0 unspecified atom stereocenters. The molecular formula is C21H23NO3. The van der Waals surface area contributed by atoms with Gasteiger partial charge in [0.15, 0.2) is 5.78 Å². The topological polar surface area (TPSA) is 46.6 Å². The maximum Gasteiger partial charge on any atom is 0.303 e. The molecule has 1 aliphatic rings. The second kappa shape index (κ2) is 7.19. The Balaban J connectivity index is 2.09. The van der Waals surface area contributed by atoms with Gasteiger partial charge in [-0.05, 0) is 12.6 Å². The minimum atomic E-state index is -0.924. The highest BCUT2D eigenvalue weighted by atomic mass is 16.6. The zero-order valence-corrected chi connectivity index (χ0v) is 14.6. The molecule has 1 aliphatic heterocycles. The first-order valence-corrected chi connectivity index (χ1v) is 8.56. The van der Waals surface area contributed by atoms with E-state index < -0.39 is 11.5 Å². The van der Waals surface area contributed by atoms with Crippen molar-refractivity contribution < 1.29 is 14.3 Å². The molecular weight excluding hydrogens is 314 g/mol. The molecule has 0 amide bonds. The molecule has 0 N–H and O–H groups in total. The van der Waals surface area contributed by atoms with E-state index >= 15 is 0 Å². The van der Waals surface area contributed by atoms with Gasteiger partial charge in [0.2, 0.25) is 0 Å². The Hall–Kier alpha value is -2.46. The molecule has 1 heterocycles. The lowest BCUT2D eigenvalue weighted by Crippen LogP contribution is -2.54. The van der Waals surface area contributed by atoms with Crippen LogP contribution in [-0.2, 0) is 15.1 Å². The summed E-state index contributed by atoms with van der Waals surface area (Å²) < 4.78 is 5.88. The van der Waals surface area contributed by atoms with Crippen LogP contribution in [0.15, 0.2) is 60.7 Å². The van der Waals surface area contributed by atoms with Gasteiger partial charge in [0, 0.05) is 32.0 Å². The summed E-state index contributed by atoms with van der Waals surface area (Å²) in [4.78, 5) is 27.3. The summed E-state index contributed by atoms with van der Waals surface area (Å²) in [6, 6.07) is 18.9. The first-order valence-electron chi connectivity index (χ1n) is 8.56. The Morgan fingerprint density at radius 2 is 1.64 bits per heavy atom. The Kier molecular flexibility index (Phi) is 5.00. The molecule has 1 fully saturated rings. The van der Waals surface area contributed by atoms with Crippen molar-refractivity contribution >= 4 is 11.8 Å². The third-order valence-corrected chi connectivity index (χ3v) is 4.89. The number of esters is 1. The van der Waals surface area contributed by atoms with Crippen molar-refractivity contribution in [1.29, 1.82) is 0 Å². The first kappa shape index (κ1) is 17.4. The van der Waals surface area contributed by atoms with Gasteiger partial charge in [0.05, 0.1) is 5.92 Å². The number of piperidine rings is 1. The van der Waals surface area contributed by atoms with Crippen LogP contribution in [0.2, 0.25) is 0 Å². The monoisotopic (exact) mass is 337 g/mol. The quantitative estimate of drug-likeness (QED) is 0.634. The van der Waals surface area contributed by atoms with Crippen LogP contribution < -0.4 is 0 Å². The molecule has 130 valence electrons. The number of hydrogen-bond acceptors (Lipinski definition) is 4. The fourth-order valence-corrected chi connectivity index (χ4v) is 3.68. The summed E-state index contributed by atoms with van der Waals surface area (Å²) in [7, 11) is 1.99. The second-order valence-electron chi connectivity index (χ2n) is 6.64. The van der Waals surface area contributed by atoms with Gasteiger partial charge >= 0.3 is 5.97 Å². The maximum atomic E-state index is 13.3. The van der Waals surface area contributed by atoms with Gasteiger partial charge < -0.3 is 9.64 Å². The molecule has 25 heavy (non-hydrogen) atoms. The third kappa shape index (κ3) is 3.49. The minimum Gasteiger partial charge on any atom is -0.453 e. The average Bonchev–Trinajstić information content (AvgIpc) is 2.64. The molecule has 2 aromatic rings. The van der Waals surface area contributed by atoms with Crippen LogP contribution in [-0.4, -0.2) is 36.8 Å². The van der Waals surface area contributed by atoms with E-state index in [0.717, 1.165) is 12.1 Å². The minimum absolute atomic E-state index is 0.0113. The van der Waals surface area contributed by atoms with E-state index in [9.17, 15) is 9.59 Å². The predicted molar refractivity (Wildman–Crippen MR) is 96.3 cm³/mol. The second-order valence-corrected chi connectivity index (χ2v) is 6.64. The predicted octanol–water partition coefficient (Wildman–Crippen LogP) is 3.28. The lowest BCUT2D eigenvalue weighted by molar-refractivity contribution is -0.169. The van der Waals surface area contributed by atoms with Crippen molar-refractivity contribution in [2.75, 3.05) is 20.1 Å². The Morgan fingerprint density at radius 3 is 2.24 bits per heavy atom. The molecule has 3 rings (SSSR count). The van der Waals surface area contributed by atoms with Crippen LogP contribution in [0, 0.1) is 5.92 Å². The van der Waals surface area contributed by atoms with Crippen LogP contribution in [0.25, 0.3) is 0 Å². The van der Waals surface area contributed by atoms with Gasteiger partial charge in [0.25, 0.3) is 0 Å². The molecule has 0 aliphatic carbocycles. The highest BCUT2D eigenvalue weighted by Gasteiger charge is 2.50. The number of carbonyl (C=O) groups excluding carboxylic acids is 2. The van der Waals surface area contributed by atoms with E-state index in [-0.39, 0.29) is 11.8 Å².